The largest absolute Gasteiger partial charge is 0.341 e. The molecule has 0 aliphatic rings. The molecule has 0 bridgehead atoms. The Labute approximate surface area is 140 Å². The average molecular weight is 339 g/mol. The SMILES string of the molecule is Cc1cc(C(=O)NC(C)(C)c2cn(CCS)nn2)ccc1Cl. The molecule has 1 aromatic carbocycles. The fraction of sp³-hybridized carbons (Fsp3) is 0.400. The van der Waals surface area contributed by atoms with Crippen molar-refractivity contribution in [2.45, 2.75) is 32.9 Å². The van der Waals surface area contributed by atoms with Gasteiger partial charge in [-0.05, 0) is 44.5 Å². The minimum absolute atomic E-state index is 0.173. The Bertz CT molecular complexity index is 684. The first-order valence-corrected chi connectivity index (χ1v) is 7.94. The maximum atomic E-state index is 12.4. The summed E-state index contributed by atoms with van der Waals surface area (Å²) >= 11 is 10.2. The third-order valence-corrected chi connectivity index (χ3v) is 3.98. The molecule has 22 heavy (non-hydrogen) atoms. The molecule has 1 N–H and O–H groups in total. The molecule has 7 heteroatoms. The van der Waals surface area contributed by atoms with E-state index in [1.807, 2.05) is 27.0 Å². The maximum Gasteiger partial charge on any atom is 0.252 e. The number of carbonyl (C=O) groups excluding carboxylic acids is 1. The third-order valence-electron chi connectivity index (χ3n) is 3.35. The third kappa shape index (κ3) is 3.81. The Balaban J connectivity index is 2.15. The van der Waals surface area contributed by atoms with Gasteiger partial charge in [-0.25, -0.2) is 0 Å². The van der Waals surface area contributed by atoms with Gasteiger partial charge in [-0.2, -0.15) is 12.6 Å². The van der Waals surface area contributed by atoms with Crippen LogP contribution in [0.2, 0.25) is 5.02 Å². The molecule has 0 atom stereocenters. The lowest BCUT2D eigenvalue weighted by Crippen LogP contribution is -2.41. The standard InChI is InChI=1S/C15H19ClN4OS/c1-10-8-11(4-5-12(10)16)14(21)17-15(2,3)13-9-20(6-7-22)19-18-13/h4-5,8-9,22H,6-7H2,1-3H3,(H,17,21). The molecule has 1 heterocycles. The van der Waals surface area contributed by atoms with Crippen molar-refractivity contribution in [3.05, 3.63) is 46.2 Å². The van der Waals surface area contributed by atoms with E-state index in [2.05, 4.69) is 28.3 Å². The molecule has 0 saturated heterocycles. The number of hydrogen-bond acceptors (Lipinski definition) is 4. The highest BCUT2D eigenvalue weighted by Gasteiger charge is 2.27. The molecule has 0 aliphatic heterocycles. The van der Waals surface area contributed by atoms with Crippen LogP contribution in [0, 0.1) is 6.92 Å². The Morgan fingerprint density at radius 2 is 2.18 bits per heavy atom. The second-order valence-electron chi connectivity index (χ2n) is 5.63. The molecule has 0 unspecified atom stereocenters. The summed E-state index contributed by atoms with van der Waals surface area (Å²) in [5, 5.41) is 11.8. The number of hydrogen-bond donors (Lipinski definition) is 2. The van der Waals surface area contributed by atoms with E-state index >= 15 is 0 Å². The number of aryl methyl sites for hydroxylation is 2. The van der Waals surface area contributed by atoms with Crippen molar-refractivity contribution >= 4 is 30.1 Å². The van der Waals surface area contributed by atoms with Crippen molar-refractivity contribution in [2.24, 2.45) is 0 Å². The topological polar surface area (TPSA) is 59.8 Å². The monoisotopic (exact) mass is 338 g/mol. The molecule has 1 amide bonds. The van der Waals surface area contributed by atoms with Gasteiger partial charge < -0.3 is 5.32 Å². The molecule has 0 aliphatic carbocycles. The van der Waals surface area contributed by atoms with Gasteiger partial charge in [0.05, 0.1) is 18.3 Å². The van der Waals surface area contributed by atoms with E-state index in [0.717, 1.165) is 5.56 Å². The van der Waals surface area contributed by atoms with Crippen LogP contribution in [0.25, 0.3) is 0 Å². The Kier molecular flexibility index (Phi) is 5.13. The van der Waals surface area contributed by atoms with E-state index in [1.54, 1.807) is 22.9 Å². The maximum absolute atomic E-state index is 12.4. The summed E-state index contributed by atoms with van der Waals surface area (Å²) in [5.74, 6) is 0.508. The Morgan fingerprint density at radius 3 is 2.82 bits per heavy atom. The first-order valence-electron chi connectivity index (χ1n) is 6.93. The quantitative estimate of drug-likeness (QED) is 0.824. The van der Waals surface area contributed by atoms with Gasteiger partial charge in [-0.3, -0.25) is 9.48 Å². The number of amides is 1. The van der Waals surface area contributed by atoms with Crippen LogP contribution in [0.3, 0.4) is 0 Å². The van der Waals surface area contributed by atoms with Crippen LogP contribution >= 0.6 is 24.2 Å². The van der Waals surface area contributed by atoms with Crippen LogP contribution in [-0.4, -0.2) is 26.7 Å². The molecule has 2 aromatic rings. The number of nitrogens with zero attached hydrogens (tertiary/aromatic N) is 3. The number of thiol groups is 1. The minimum atomic E-state index is -0.626. The molecule has 5 nitrogen and oxygen atoms in total. The zero-order chi connectivity index (χ0) is 16.3. The number of aromatic nitrogens is 3. The van der Waals surface area contributed by atoms with E-state index < -0.39 is 5.54 Å². The van der Waals surface area contributed by atoms with Crippen LogP contribution in [0.15, 0.2) is 24.4 Å². The predicted molar refractivity (Wildman–Crippen MR) is 90.6 cm³/mol. The molecule has 0 spiro atoms. The number of rotatable bonds is 5. The van der Waals surface area contributed by atoms with Crippen molar-refractivity contribution in [3.63, 3.8) is 0 Å². The van der Waals surface area contributed by atoms with E-state index in [1.165, 1.54) is 0 Å². The van der Waals surface area contributed by atoms with E-state index in [-0.39, 0.29) is 5.91 Å². The van der Waals surface area contributed by atoms with Gasteiger partial charge in [0.15, 0.2) is 0 Å². The Morgan fingerprint density at radius 1 is 1.45 bits per heavy atom. The predicted octanol–water partition coefficient (Wildman–Crippen LogP) is 2.83. The van der Waals surface area contributed by atoms with Gasteiger partial charge >= 0.3 is 0 Å². The van der Waals surface area contributed by atoms with Crippen LogP contribution < -0.4 is 5.32 Å². The van der Waals surface area contributed by atoms with Gasteiger partial charge in [-0.15, -0.1) is 5.10 Å². The number of benzene rings is 1. The van der Waals surface area contributed by atoms with E-state index in [9.17, 15) is 4.79 Å². The first kappa shape index (κ1) is 16.8. The van der Waals surface area contributed by atoms with E-state index in [4.69, 9.17) is 11.6 Å². The van der Waals surface area contributed by atoms with Crippen molar-refractivity contribution in [1.82, 2.24) is 20.3 Å². The zero-order valence-corrected chi connectivity index (χ0v) is 14.4. The molecule has 0 fully saturated rings. The molecular formula is C15H19ClN4OS. The summed E-state index contributed by atoms with van der Waals surface area (Å²) in [6.45, 7) is 6.33. The highest BCUT2D eigenvalue weighted by Crippen LogP contribution is 2.20. The Hall–Kier alpha value is -1.53. The smallest absolute Gasteiger partial charge is 0.252 e. The van der Waals surface area contributed by atoms with Gasteiger partial charge in [0.2, 0.25) is 0 Å². The zero-order valence-electron chi connectivity index (χ0n) is 12.8. The summed E-state index contributed by atoms with van der Waals surface area (Å²) in [6, 6.07) is 5.20. The van der Waals surface area contributed by atoms with Gasteiger partial charge in [0.1, 0.15) is 5.69 Å². The summed E-state index contributed by atoms with van der Waals surface area (Å²) in [6.07, 6.45) is 1.82. The second kappa shape index (κ2) is 6.71. The molecular weight excluding hydrogens is 320 g/mol. The number of nitrogens with one attached hydrogen (secondary N) is 1. The fourth-order valence-electron chi connectivity index (χ4n) is 2.00. The molecule has 1 aromatic heterocycles. The van der Waals surface area contributed by atoms with Crippen LogP contribution in [0.5, 0.6) is 0 Å². The van der Waals surface area contributed by atoms with Crippen molar-refractivity contribution in [2.75, 3.05) is 5.75 Å². The van der Waals surface area contributed by atoms with E-state index in [0.29, 0.717) is 28.6 Å². The molecule has 0 saturated carbocycles. The van der Waals surface area contributed by atoms with Crippen molar-refractivity contribution in [3.8, 4) is 0 Å². The van der Waals surface area contributed by atoms with Crippen LogP contribution in [0.1, 0.15) is 35.5 Å². The van der Waals surface area contributed by atoms with Gasteiger partial charge in [0, 0.05) is 16.3 Å². The summed E-state index contributed by atoms with van der Waals surface area (Å²) in [4.78, 5) is 12.4. The van der Waals surface area contributed by atoms with Crippen LogP contribution in [0.4, 0.5) is 0 Å². The normalized spacial score (nSPS) is 11.5. The lowest BCUT2D eigenvalue weighted by molar-refractivity contribution is 0.0910. The highest BCUT2D eigenvalue weighted by atomic mass is 35.5. The van der Waals surface area contributed by atoms with Gasteiger partial charge in [0.25, 0.3) is 5.91 Å². The summed E-state index contributed by atoms with van der Waals surface area (Å²) < 4.78 is 1.71. The molecule has 118 valence electrons. The second-order valence-corrected chi connectivity index (χ2v) is 6.49. The minimum Gasteiger partial charge on any atom is -0.341 e. The number of halogens is 1. The van der Waals surface area contributed by atoms with Crippen molar-refractivity contribution < 1.29 is 4.79 Å². The lowest BCUT2D eigenvalue weighted by Gasteiger charge is -2.23. The average Bonchev–Trinajstić information content (AvgIpc) is 2.91. The summed E-state index contributed by atoms with van der Waals surface area (Å²) in [7, 11) is 0. The van der Waals surface area contributed by atoms with Crippen molar-refractivity contribution in [1.29, 1.82) is 0 Å². The summed E-state index contributed by atoms with van der Waals surface area (Å²) in [5.41, 5.74) is 1.51. The molecule has 2 rings (SSSR count). The molecule has 0 radical (unpaired) electrons. The number of carbonyl (C=O) groups is 1. The first-order chi connectivity index (χ1) is 10.3. The van der Waals surface area contributed by atoms with Gasteiger partial charge in [-0.1, -0.05) is 16.8 Å². The fourth-order valence-corrected chi connectivity index (χ4v) is 2.32. The lowest BCUT2D eigenvalue weighted by atomic mass is 10.0. The van der Waals surface area contributed by atoms with Crippen LogP contribution in [-0.2, 0) is 12.1 Å². The highest BCUT2D eigenvalue weighted by molar-refractivity contribution is 7.80.